The van der Waals surface area contributed by atoms with Crippen LogP contribution >= 0.6 is 0 Å². The van der Waals surface area contributed by atoms with E-state index >= 15 is 0 Å². The van der Waals surface area contributed by atoms with Crippen LogP contribution in [0.15, 0.2) is 0 Å². The summed E-state index contributed by atoms with van der Waals surface area (Å²) >= 11 is 0. The zero-order chi connectivity index (χ0) is 45.2. The van der Waals surface area contributed by atoms with E-state index in [0.29, 0.717) is 19.3 Å². The van der Waals surface area contributed by atoms with Crippen LogP contribution in [0.3, 0.4) is 0 Å². The number of hydrogen-bond acceptors (Lipinski definition) is 6. The molecule has 0 aromatic heterocycles. The van der Waals surface area contributed by atoms with E-state index < -0.39 is 6.10 Å². The van der Waals surface area contributed by atoms with E-state index in [4.69, 9.17) is 14.2 Å². The minimum absolute atomic E-state index is 0.0633. The van der Waals surface area contributed by atoms with Gasteiger partial charge in [0.05, 0.1) is 0 Å². The van der Waals surface area contributed by atoms with Crippen LogP contribution in [0.1, 0.15) is 317 Å². The Morgan fingerprint density at radius 2 is 0.532 bits per heavy atom. The molecule has 1 atom stereocenters. The lowest BCUT2D eigenvalue weighted by molar-refractivity contribution is -0.167. The van der Waals surface area contributed by atoms with E-state index in [2.05, 4.69) is 27.7 Å². The lowest BCUT2D eigenvalue weighted by atomic mass is 10.0. The predicted molar refractivity (Wildman–Crippen MR) is 266 cm³/mol. The number of ether oxygens (including phenoxy) is 3. The highest BCUT2D eigenvalue weighted by atomic mass is 16.6. The highest BCUT2D eigenvalue weighted by Crippen LogP contribution is 2.18. The zero-order valence-corrected chi connectivity index (χ0v) is 42.3. The minimum atomic E-state index is -0.759. The summed E-state index contributed by atoms with van der Waals surface area (Å²) in [5.41, 5.74) is 0. The fraction of sp³-hybridized carbons (Fsp3) is 0.946. The molecule has 0 spiro atoms. The third-order valence-electron chi connectivity index (χ3n) is 12.8. The quantitative estimate of drug-likeness (QED) is 0.0344. The number of unbranched alkanes of at least 4 members (excludes halogenated alkanes) is 38. The van der Waals surface area contributed by atoms with Gasteiger partial charge in [-0.1, -0.05) is 278 Å². The molecule has 0 aromatic carbocycles. The van der Waals surface area contributed by atoms with Crippen molar-refractivity contribution in [2.45, 2.75) is 323 Å². The first-order valence-electron chi connectivity index (χ1n) is 27.9. The van der Waals surface area contributed by atoms with Gasteiger partial charge in [0, 0.05) is 19.3 Å². The van der Waals surface area contributed by atoms with Crippen molar-refractivity contribution < 1.29 is 28.6 Å². The summed E-state index contributed by atoms with van der Waals surface area (Å²) in [5.74, 6) is 0.00382. The van der Waals surface area contributed by atoms with Gasteiger partial charge in [0.2, 0.25) is 0 Å². The average molecular weight is 877 g/mol. The van der Waals surface area contributed by atoms with Gasteiger partial charge >= 0.3 is 17.9 Å². The second-order valence-corrected chi connectivity index (χ2v) is 19.7. The summed E-state index contributed by atoms with van der Waals surface area (Å²) in [6.07, 6.45) is 54.2. The van der Waals surface area contributed by atoms with E-state index in [1.165, 1.54) is 205 Å². The monoisotopic (exact) mass is 877 g/mol. The van der Waals surface area contributed by atoms with Crippen molar-refractivity contribution in [1.29, 1.82) is 0 Å². The molecule has 0 saturated carbocycles. The molecule has 0 rings (SSSR count). The van der Waals surface area contributed by atoms with Gasteiger partial charge in [-0.15, -0.1) is 0 Å². The maximum Gasteiger partial charge on any atom is 0.306 e. The minimum Gasteiger partial charge on any atom is -0.462 e. The standard InChI is InChI=1S/C56H108O6/c1-5-7-9-11-12-13-14-15-16-17-21-24-27-30-33-36-40-44-48-55(58)61-51-53(50-60-54(57)47-43-38-10-8-6-2)62-56(59)49-45-41-37-34-31-28-25-22-19-18-20-23-26-29-32-35-39-42-46-52(3)4/h52-53H,5-51H2,1-4H3/t53-/m0/s1. The zero-order valence-electron chi connectivity index (χ0n) is 42.3. The van der Waals surface area contributed by atoms with E-state index in [-0.39, 0.29) is 31.1 Å². The summed E-state index contributed by atoms with van der Waals surface area (Å²) in [5, 5.41) is 0. The second-order valence-electron chi connectivity index (χ2n) is 19.7. The van der Waals surface area contributed by atoms with Crippen LogP contribution < -0.4 is 0 Å². The third-order valence-corrected chi connectivity index (χ3v) is 12.8. The average Bonchev–Trinajstić information content (AvgIpc) is 3.26. The lowest BCUT2D eigenvalue weighted by Gasteiger charge is -2.18. The normalized spacial score (nSPS) is 12.0. The molecule has 6 heteroatoms. The molecule has 0 fully saturated rings. The highest BCUT2D eigenvalue weighted by Gasteiger charge is 2.19. The first kappa shape index (κ1) is 60.4. The molecule has 0 aliphatic rings. The van der Waals surface area contributed by atoms with Gasteiger partial charge in [-0.3, -0.25) is 14.4 Å². The molecule has 0 heterocycles. The van der Waals surface area contributed by atoms with Crippen molar-refractivity contribution in [3.63, 3.8) is 0 Å². The van der Waals surface area contributed by atoms with Crippen LogP contribution in [-0.2, 0) is 28.6 Å². The summed E-state index contributed by atoms with van der Waals surface area (Å²) in [6, 6.07) is 0. The predicted octanol–water partition coefficient (Wildman–Crippen LogP) is 18.2. The SMILES string of the molecule is CCCCCCCCCCCCCCCCCCCCC(=O)OC[C@H](COC(=O)CCCCCCC)OC(=O)CCCCCCCCCCCCCCCCCCCCC(C)C. The van der Waals surface area contributed by atoms with E-state index in [1.807, 2.05) is 0 Å². The van der Waals surface area contributed by atoms with Crippen LogP contribution in [0.2, 0.25) is 0 Å². The first-order chi connectivity index (χ1) is 30.4. The molecule has 0 radical (unpaired) electrons. The maximum atomic E-state index is 12.8. The summed E-state index contributed by atoms with van der Waals surface area (Å²) < 4.78 is 16.7. The molecular weight excluding hydrogens is 769 g/mol. The Kier molecular flexibility index (Phi) is 49.1. The molecular formula is C56H108O6. The van der Waals surface area contributed by atoms with Crippen LogP contribution in [0.4, 0.5) is 0 Å². The van der Waals surface area contributed by atoms with Gasteiger partial charge in [0.1, 0.15) is 13.2 Å². The van der Waals surface area contributed by atoms with Crippen molar-refractivity contribution in [3.05, 3.63) is 0 Å². The summed E-state index contributed by atoms with van der Waals surface area (Å²) in [6.45, 7) is 8.99. The fourth-order valence-corrected chi connectivity index (χ4v) is 8.57. The number of hydrogen-bond donors (Lipinski definition) is 0. The van der Waals surface area contributed by atoms with Gasteiger partial charge in [-0.2, -0.15) is 0 Å². The number of carbonyl (C=O) groups excluding carboxylic acids is 3. The van der Waals surface area contributed by atoms with Crippen molar-refractivity contribution in [3.8, 4) is 0 Å². The van der Waals surface area contributed by atoms with Gasteiger partial charge in [0.15, 0.2) is 6.10 Å². The van der Waals surface area contributed by atoms with Gasteiger partial charge in [-0.05, 0) is 25.2 Å². The molecule has 0 aromatic rings. The lowest BCUT2D eigenvalue weighted by Crippen LogP contribution is -2.30. The first-order valence-corrected chi connectivity index (χ1v) is 27.9. The Hall–Kier alpha value is -1.59. The number of carbonyl (C=O) groups is 3. The smallest absolute Gasteiger partial charge is 0.306 e. The van der Waals surface area contributed by atoms with Gasteiger partial charge in [0.25, 0.3) is 0 Å². The van der Waals surface area contributed by atoms with Gasteiger partial charge < -0.3 is 14.2 Å². The Morgan fingerprint density at radius 1 is 0.306 bits per heavy atom. The van der Waals surface area contributed by atoms with Gasteiger partial charge in [-0.25, -0.2) is 0 Å². The molecule has 0 unspecified atom stereocenters. The Morgan fingerprint density at radius 3 is 0.790 bits per heavy atom. The van der Waals surface area contributed by atoms with Crippen LogP contribution in [0.5, 0.6) is 0 Å². The van der Waals surface area contributed by atoms with E-state index in [9.17, 15) is 14.4 Å². The second kappa shape index (κ2) is 50.4. The maximum absolute atomic E-state index is 12.8. The number of rotatable bonds is 51. The van der Waals surface area contributed by atoms with Crippen molar-refractivity contribution in [1.82, 2.24) is 0 Å². The molecule has 0 aliphatic heterocycles. The number of esters is 3. The summed E-state index contributed by atoms with van der Waals surface area (Å²) in [4.78, 5) is 37.7. The van der Waals surface area contributed by atoms with Crippen molar-refractivity contribution in [2.24, 2.45) is 5.92 Å². The topological polar surface area (TPSA) is 78.9 Å². The molecule has 0 aliphatic carbocycles. The molecule has 0 bridgehead atoms. The van der Waals surface area contributed by atoms with E-state index in [1.54, 1.807) is 0 Å². The third kappa shape index (κ3) is 49.4. The van der Waals surface area contributed by atoms with Crippen LogP contribution in [-0.4, -0.2) is 37.2 Å². The van der Waals surface area contributed by atoms with E-state index in [0.717, 1.165) is 70.1 Å². The largest absolute Gasteiger partial charge is 0.462 e. The summed E-state index contributed by atoms with van der Waals surface area (Å²) in [7, 11) is 0. The fourth-order valence-electron chi connectivity index (χ4n) is 8.57. The molecule has 62 heavy (non-hydrogen) atoms. The Bertz CT molecular complexity index is 933. The molecule has 0 saturated heterocycles. The highest BCUT2D eigenvalue weighted by molar-refractivity contribution is 5.71. The molecule has 6 nitrogen and oxygen atoms in total. The van der Waals surface area contributed by atoms with Crippen molar-refractivity contribution in [2.75, 3.05) is 13.2 Å². The van der Waals surface area contributed by atoms with Crippen molar-refractivity contribution >= 4 is 17.9 Å². The molecule has 368 valence electrons. The molecule has 0 amide bonds. The Labute approximate surface area is 387 Å². The van der Waals surface area contributed by atoms with Crippen LogP contribution in [0, 0.1) is 5.92 Å². The Balaban J connectivity index is 4.05. The van der Waals surface area contributed by atoms with Crippen LogP contribution in [0.25, 0.3) is 0 Å². The molecule has 0 N–H and O–H groups in total.